The van der Waals surface area contributed by atoms with E-state index >= 15 is 0 Å². The van der Waals surface area contributed by atoms with Crippen molar-refractivity contribution < 1.29 is 28.8 Å². The van der Waals surface area contributed by atoms with Crippen LogP contribution in [0, 0.1) is 0 Å². The molecule has 4 aromatic rings. The third kappa shape index (κ3) is 11.2. The first kappa shape index (κ1) is 40.1. The maximum atomic E-state index is 14.2. The van der Waals surface area contributed by atoms with E-state index in [9.17, 15) is 28.8 Å². The maximum absolute atomic E-state index is 14.2. The van der Waals surface area contributed by atoms with Gasteiger partial charge in [0.05, 0.1) is 18.9 Å². The van der Waals surface area contributed by atoms with Gasteiger partial charge in [0, 0.05) is 54.8 Å². The van der Waals surface area contributed by atoms with Gasteiger partial charge in [0.15, 0.2) is 0 Å². The number of imidazole rings is 1. The number of carbonyl (C=O) groups is 6. The normalized spacial score (nSPS) is 16.2. The van der Waals surface area contributed by atoms with Crippen LogP contribution in [0.15, 0.2) is 73.3 Å². The van der Waals surface area contributed by atoms with Crippen LogP contribution in [0.25, 0.3) is 10.9 Å². The Labute approximate surface area is 317 Å². The molecule has 17 heteroatoms. The summed E-state index contributed by atoms with van der Waals surface area (Å²) in [6.45, 7) is 0.235. The van der Waals surface area contributed by atoms with Crippen LogP contribution in [-0.4, -0.2) is 105 Å². The van der Waals surface area contributed by atoms with Gasteiger partial charge in [-0.2, -0.15) is 0 Å². The van der Waals surface area contributed by atoms with Crippen LogP contribution >= 0.6 is 0 Å². The Morgan fingerprint density at radius 1 is 0.855 bits per heavy atom. The second-order valence-electron chi connectivity index (χ2n) is 13.7. The summed E-state index contributed by atoms with van der Waals surface area (Å²) < 4.78 is 0. The minimum Gasteiger partial charge on any atom is -0.368 e. The monoisotopic (exact) mass is 755 g/mol. The minimum atomic E-state index is -1.18. The third-order valence-electron chi connectivity index (χ3n) is 9.55. The van der Waals surface area contributed by atoms with Crippen molar-refractivity contribution in [3.05, 3.63) is 90.1 Å². The summed E-state index contributed by atoms with van der Waals surface area (Å²) in [5, 5.41) is 11.8. The predicted octanol–water partition coefficient (Wildman–Crippen LogP) is -0.968. The van der Waals surface area contributed by atoms with E-state index in [1.807, 2.05) is 30.3 Å². The van der Waals surface area contributed by atoms with Crippen molar-refractivity contribution in [2.45, 2.75) is 75.2 Å². The van der Waals surface area contributed by atoms with E-state index in [0.717, 1.165) is 22.0 Å². The minimum absolute atomic E-state index is 0.0467. The molecule has 1 aliphatic heterocycles. The number of nitrogens with two attached hydrogens (primary N) is 3. The zero-order valence-electron chi connectivity index (χ0n) is 30.5. The highest BCUT2D eigenvalue weighted by molar-refractivity contribution is 5.96. The van der Waals surface area contributed by atoms with Gasteiger partial charge in [0.2, 0.25) is 35.4 Å². The second-order valence-corrected chi connectivity index (χ2v) is 13.7. The lowest BCUT2D eigenvalue weighted by molar-refractivity contribution is -0.137. The number of unbranched alkanes of at least 4 members (excludes halogenated alkanes) is 1. The number of fused-ring (bicyclic) bond motifs is 1. The number of hydrogen-bond donors (Lipinski definition) is 9. The smallest absolute Gasteiger partial charge is 0.245 e. The maximum Gasteiger partial charge on any atom is 0.245 e. The van der Waals surface area contributed by atoms with Gasteiger partial charge in [-0.15, -0.1) is 0 Å². The third-order valence-corrected chi connectivity index (χ3v) is 9.55. The number of H-pyrrole nitrogens is 2. The van der Waals surface area contributed by atoms with Crippen molar-refractivity contribution in [2.24, 2.45) is 17.2 Å². The molecule has 1 saturated heterocycles. The Morgan fingerprint density at radius 3 is 2.27 bits per heavy atom. The summed E-state index contributed by atoms with van der Waals surface area (Å²) >= 11 is 0. The molecule has 5 unspecified atom stereocenters. The van der Waals surface area contributed by atoms with Crippen molar-refractivity contribution in [3.63, 3.8) is 0 Å². The summed E-state index contributed by atoms with van der Waals surface area (Å²) in [5.41, 5.74) is 20.2. The molecule has 292 valence electrons. The molecule has 6 amide bonds. The average molecular weight is 756 g/mol. The molecule has 2 aromatic heterocycles. The Balaban J connectivity index is 1.29. The van der Waals surface area contributed by atoms with Crippen LogP contribution in [0.3, 0.4) is 0 Å². The lowest BCUT2D eigenvalue weighted by atomic mass is 10.0. The fourth-order valence-corrected chi connectivity index (χ4v) is 6.56. The van der Waals surface area contributed by atoms with E-state index < -0.39 is 65.7 Å². The Kier molecular flexibility index (Phi) is 14.1. The van der Waals surface area contributed by atoms with Crippen molar-refractivity contribution in [2.75, 3.05) is 19.6 Å². The summed E-state index contributed by atoms with van der Waals surface area (Å²) in [7, 11) is 0. The number of carbonyl (C=O) groups excluding carboxylic acids is 6. The number of nitrogens with one attached hydrogen (secondary N) is 6. The van der Waals surface area contributed by atoms with Gasteiger partial charge in [-0.3, -0.25) is 28.8 Å². The van der Waals surface area contributed by atoms with Crippen LogP contribution in [0.2, 0.25) is 0 Å². The molecule has 0 saturated carbocycles. The molecule has 5 rings (SSSR count). The topological polar surface area (TPSA) is 276 Å². The van der Waals surface area contributed by atoms with Gasteiger partial charge in [-0.1, -0.05) is 48.5 Å². The quantitative estimate of drug-likeness (QED) is 0.0502. The van der Waals surface area contributed by atoms with Crippen molar-refractivity contribution in [1.29, 1.82) is 0 Å². The number of hydrogen-bond acceptors (Lipinski definition) is 9. The number of aromatic nitrogens is 3. The van der Waals surface area contributed by atoms with Crippen LogP contribution in [-0.2, 0) is 48.0 Å². The molecule has 0 spiro atoms. The van der Waals surface area contributed by atoms with Crippen LogP contribution in [0.1, 0.15) is 42.5 Å². The van der Waals surface area contributed by atoms with Gasteiger partial charge >= 0.3 is 0 Å². The summed E-state index contributed by atoms with van der Waals surface area (Å²) in [6.07, 6.45) is 6.86. The molecule has 12 N–H and O–H groups in total. The average Bonchev–Trinajstić information content (AvgIpc) is 3.92. The predicted molar refractivity (Wildman–Crippen MR) is 203 cm³/mol. The number of amides is 6. The Morgan fingerprint density at radius 2 is 1.56 bits per heavy atom. The highest BCUT2D eigenvalue weighted by Gasteiger charge is 2.36. The first-order valence-electron chi connectivity index (χ1n) is 18.3. The highest BCUT2D eigenvalue weighted by Crippen LogP contribution is 2.20. The highest BCUT2D eigenvalue weighted by atomic mass is 16.2. The first-order valence-corrected chi connectivity index (χ1v) is 18.3. The summed E-state index contributed by atoms with van der Waals surface area (Å²) in [6, 6.07) is 11.5. The van der Waals surface area contributed by atoms with E-state index in [-0.39, 0.29) is 45.2 Å². The van der Waals surface area contributed by atoms with E-state index in [0.29, 0.717) is 25.1 Å². The Hall–Kier alpha value is -6.07. The van der Waals surface area contributed by atoms with Crippen molar-refractivity contribution in [1.82, 2.24) is 41.1 Å². The van der Waals surface area contributed by atoms with Gasteiger partial charge in [0.25, 0.3) is 0 Å². The van der Waals surface area contributed by atoms with E-state index in [1.165, 1.54) is 11.2 Å². The number of rotatable bonds is 20. The molecule has 55 heavy (non-hydrogen) atoms. The van der Waals surface area contributed by atoms with E-state index in [1.54, 1.807) is 36.7 Å². The molecule has 1 aliphatic rings. The molecule has 0 radical (unpaired) electrons. The Bertz CT molecular complexity index is 1930. The molecule has 2 aromatic carbocycles. The van der Waals surface area contributed by atoms with Crippen LogP contribution in [0.4, 0.5) is 0 Å². The van der Waals surface area contributed by atoms with Gasteiger partial charge in [0.1, 0.15) is 24.2 Å². The van der Waals surface area contributed by atoms with Crippen LogP contribution in [0.5, 0.6) is 0 Å². The fraction of sp³-hybridized carbons (Fsp3) is 0.395. The largest absolute Gasteiger partial charge is 0.368 e. The number of benzene rings is 2. The van der Waals surface area contributed by atoms with Crippen molar-refractivity contribution >= 4 is 46.3 Å². The molecule has 5 atom stereocenters. The number of aromatic amines is 2. The van der Waals surface area contributed by atoms with E-state index in [2.05, 4.69) is 36.2 Å². The zero-order chi connectivity index (χ0) is 39.3. The van der Waals surface area contributed by atoms with E-state index in [4.69, 9.17) is 17.2 Å². The number of primary amides is 1. The SMILES string of the molecule is NCCCCC(NC(=O)C(Cc1ccccc1)NC(=O)C(Cc1c[nH]c2ccccc12)NC(=O)CN1CCC(NC(=O)C(N)Cc2cnc[nH]2)C1=O)C(N)=O. The number of nitrogens with zero attached hydrogens (tertiary/aromatic N) is 2. The molecule has 1 fully saturated rings. The molecule has 17 nitrogen and oxygen atoms in total. The first-order chi connectivity index (χ1) is 26.5. The zero-order valence-corrected chi connectivity index (χ0v) is 30.5. The van der Waals surface area contributed by atoms with Crippen molar-refractivity contribution in [3.8, 4) is 0 Å². The molecule has 0 aliphatic carbocycles. The fourth-order valence-electron chi connectivity index (χ4n) is 6.56. The summed E-state index contributed by atoms with van der Waals surface area (Å²) in [5.74, 6) is -3.57. The van der Waals surface area contributed by atoms with Gasteiger partial charge in [-0.25, -0.2) is 4.98 Å². The molecule has 3 heterocycles. The number of para-hydroxylation sites is 1. The second kappa shape index (κ2) is 19.3. The standard InChI is InChI=1S/C38H49N11O6/c39-14-7-6-12-29(34(41)51)46-36(53)31(16-23-8-2-1-3-9-23)48-37(54)32(17-24-19-43-28-11-5-4-10-26(24)28)45-33(50)21-49-15-13-30(38(49)55)47-35(52)27(40)18-25-20-42-22-44-25/h1-5,8-11,19-20,22,27,29-32,43H,6-7,12-18,21,39-40H2,(H2,41,51)(H,42,44)(H,45,50)(H,46,53)(H,47,52)(H,48,54). The lowest BCUT2D eigenvalue weighted by Gasteiger charge is -2.25. The van der Waals surface area contributed by atoms with Gasteiger partial charge in [-0.05, 0) is 49.4 Å². The van der Waals surface area contributed by atoms with Gasteiger partial charge < -0.3 is 53.3 Å². The molecular weight excluding hydrogens is 706 g/mol. The molecule has 0 bridgehead atoms. The number of likely N-dealkylation sites (tertiary alicyclic amines) is 1. The molecular formula is C38H49N11O6. The lowest BCUT2D eigenvalue weighted by Crippen LogP contribution is -2.58. The summed E-state index contributed by atoms with van der Waals surface area (Å²) in [4.78, 5) is 91.0. The van der Waals surface area contributed by atoms with Crippen LogP contribution < -0.4 is 38.5 Å².